The first-order chi connectivity index (χ1) is 15.3. The molecule has 0 bridgehead atoms. The Kier molecular flexibility index (Phi) is 8.15. The molecular formula is C24H38N6O2. The van der Waals surface area contributed by atoms with Crippen molar-refractivity contribution >= 4 is 11.8 Å². The predicted octanol–water partition coefficient (Wildman–Crippen LogP) is 2.40. The summed E-state index contributed by atoms with van der Waals surface area (Å²) in [5.74, 6) is 3.21. The molecule has 2 aromatic rings. The summed E-state index contributed by atoms with van der Waals surface area (Å²) in [5, 5.41) is 17.5. The number of likely N-dealkylation sites (N-methyl/N-ethyl adjacent to an activating group) is 1. The average molecular weight is 443 g/mol. The molecule has 1 aliphatic rings. The third-order valence-corrected chi connectivity index (χ3v) is 5.94. The highest BCUT2D eigenvalue weighted by atomic mass is 16.3. The van der Waals surface area contributed by atoms with E-state index in [-0.39, 0.29) is 0 Å². The highest BCUT2D eigenvalue weighted by Crippen LogP contribution is 2.26. The summed E-state index contributed by atoms with van der Waals surface area (Å²) in [4.78, 5) is 14.1. The molecule has 0 radical (unpaired) electrons. The average Bonchev–Trinajstić information content (AvgIpc) is 3.15. The summed E-state index contributed by atoms with van der Waals surface area (Å²) in [6, 6.07) is 6.02. The van der Waals surface area contributed by atoms with Gasteiger partial charge < -0.3 is 30.0 Å². The van der Waals surface area contributed by atoms with Crippen LogP contribution in [-0.4, -0.2) is 66.8 Å². The van der Waals surface area contributed by atoms with Crippen LogP contribution in [0.1, 0.15) is 43.4 Å². The fourth-order valence-electron chi connectivity index (χ4n) is 4.05. The van der Waals surface area contributed by atoms with Crippen LogP contribution >= 0.6 is 0 Å². The van der Waals surface area contributed by atoms with Crippen molar-refractivity contribution in [2.75, 3.05) is 50.7 Å². The van der Waals surface area contributed by atoms with Crippen LogP contribution in [0.2, 0.25) is 0 Å². The minimum absolute atomic E-state index is 0.321. The molecule has 8 nitrogen and oxygen atoms in total. The molecule has 0 aliphatic carbocycles. The Hall–Kier alpha value is -2.58. The summed E-state index contributed by atoms with van der Waals surface area (Å²) < 4.78 is 5.59. The SMILES string of the molecule is CCNC(=NCc1ccnc(N2CCN(CC)CC2)c1)NCC(C)(O)c1cc(C)oc1C. The number of piperazine rings is 1. The number of nitrogens with one attached hydrogen (secondary N) is 2. The molecule has 1 aliphatic heterocycles. The summed E-state index contributed by atoms with van der Waals surface area (Å²) in [5.41, 5.74) is 0.834. The van der Waals surface area contributed by atoms with Crippen LogP contribution in [0.25, 0.3) is 0 Å². The van der Waals surface area contributed by atoms with Crippen LogP contribution in [0.4, 0.5) is 5.82 Å². The fraction of sp³-hybridized carbons (Fsp3) is 0.583. The first-order valence-electron chi connectivity index (χ1n) is 11.6. The van der Waals surface area contributed by atoms with Crippen molar-refractivity contribution in [2.45, 2.75) is 46.8 Å². The standard InChI is InChI=1S/C24H38N6O2/c1-6-25-23(28-17-24(5,31)21-14-18(3)32-19(21)4)27-16-20-8-9-26-22(15-20)30-12-10-29(7-2)11-13-30/h8-9,14-15,31H,6-7,10-13,16-17H2,1-5H3,(H2,25,27,28). The Morgan fingerprint density at radius 1 is 1.19 bits per heavy atom. The van der Waals surface area contributed by atoms with E-state index in [9.17, 15) is 5.11 Å². The molecule has 0 saturated carbocycles. The van der Waals surface area contributed by atoms with Gasteiger partial charge in [0.25, 0.3) is 0 Å². The summed E-state index contributed by atoms with van der Waals surface area (Å²) in [7, 11) is 0. The zero-order valence-electron chi connectivity index (χ0n) is 20.1. The number of guanidine groups is 1. The van der Waals surface area contributed by atoms with Crippen LogP contribution in [-0.2, 0) is 12.1 Å². The lowest BCUT2D eigenvalue weighted by atomic mass is 9.96. The van der Waals surface area contributed by atoms with Gasteiger partial charge in [0.1, 0.15) is 22.9 Å². The number of aliphatic hydroxyl groups is 1. The lowest BCUT2D eigenvalue weighted by Crippen LogP contribution is -2.46. The Balaban J connectivity index is 1.63. The second-order valence-corrected chi connectivity index (χ2v) is 8.59. The normalized spacial score (nSPS) is 17.3. The van der Waals surface area contributed by atoms with Crippen molar-refractivity contribution in [2.24, 2.45) is 4.99 Å². The lowest BCUT2D eigenvalue weighted by molar-refractivity contribution is 0.0601. The van der Waals surface area contributed by atoms with E-state index < -0.39 is 5.60 Å². The number of aromatic nitrogens is 1. The topological polar surface area (TPSA) is 89.2 Å². The van der Waals surface area contributed by atoms with Crippen LogP contribution in [0.3, 0.4) is 0 Å². The van der Waals surface area contributed by atoms with Crippen molar-refractivity contribution < 1.29 is 9.52 Å². The molecule has 1 atom stereocenters. The van der Waals surface area contributed by atoms with Crippen LogP contribution in [0.5, 0.6) is 0 Å². The number of nitrogens with zero attached hydrogens (tertiary/aromatic N) is 4. The number of hydrogen-bond donors (Lipinski definition) is 3. The number of rotatable bonds is 8. The van der Waals surface area contributed by atoms with E-state index in [2.05, 4.69) is 38.4 Å². The number of anilines is 1. The second kappa shape index (κ2) is 10.8. The van der Waals surface area contributed by atoms with Gasteiger partial charge in [0.15, 0.2) is 5.96 Å². The number of aryl methyl sites for hydroxylation is 2. The van der Waals surface area contributed by atoms with Crippen molar-refractivity contribution in [3.8, 4) is 0 Å². The van der Waals surface area contributed by atoms with Crippen LogP contribution in [0.15, 0.2) is 33.8 Å². The maximum Gasteiger partial charge on any atom is 0.191 e. The summed E-state index contributed by atoms with van der Waals surface area (Å²) >= 11 is 0. The molecule has 0 amide bonds. The number of furan rings is 1. The van der Waals surface area contributed by atoms with Crippen LogP contribution < -0.4 is 15.5 Å². The first kappa shape index (κ1) is 24.1. The van der Waals surface area contributed by atoms with E-state index in [1.165, 1.54) is 0 Å². The summed E-state index contributed by atoms with van der Waals surface area (Å²) in [6.07, 6.45) is 1.86. The number of hydrogen-bond acceptors (Lipinski definition) is 6. The molecule has 8 heteroatoms. The van der Waals surface area contributed by atoms with E-state index in [0.29, 0.717) is 19.0 Å². The van der Waals surface area contributed by atoms with E-state index in [1.54, 1.807) is 6.92 Å². The van der Waals surface area contributed by atoms with Gasteiger partial charge in [0.05, 0.1) is 13.1 Å². The molecule has 176 valence electrons. The highest BCUT2D eigenvalue weighted by molar-refractivity contribution is 5.79. The monoisotopic (exact) mass is 442 g/mol. The fourth-order valence-corrected chi connectivity index (χ4v) is 4.05. The quantitative estimate of drug-likeness (QED) is 0.427. The lowest BCUT2D eigenvalue weighted by Gasteiger charge is -2.34. The third-order valence-electron chi connectivity index (χ3n) is 5.94. The van der Waals surface area contributed by atoms with Gasteiger partial charge in [-0.1, -0.05) is 6.92 Å². The van der Waals surface area contributed by atoms with Gasteiger partial charge in [0.2, 0.25) is 0 Å². The smallest absolute Gasteiger partial charge is 0.191 e. The molecule has 0 spiro atoms. The van der Waals surface area contributed by atoms with Gasteiger partial charge in [-0.15, -0.1) is 0 Å². The minimum Gasteiger partial charge on any atom is -0.466 e. The van der Waals surface area contributed by atoms with Crippen molar-refractivity contribution in [1.29, 1.82) is 0 Å². The van der Waals surface area contributed by atoms with E-state index in [4.69, 9.17) is 9.41 Å². The third kappa shape index (κ3) is 6.23. The Morgan fingerprint density at radius 3 is 2.56 bits per heavy atom. The highest BCUT2D eigenvalue weighted by Gasteiger charge is 2.28. The molecular weight excluding hydrogens is 404 g/mol. The first-order valence-corrected chi connectivity index (χ1v) is 11.6. The zero-order chi connectivity index (χ0) is 23.1. The minimum atomic E-state index is -1.07. The molecule has 1 saturated heterocycles. The Morgan fingerprint density at radius 2 is 1.94 bits per heavy atom. The molecule has 32 heavy (non-hydrogen) atoms. The van der Waals surface area contributed by atoms with Gasteiger partial charge in [-0.2, -0.15) is 0 Å². The molecule has 0 aromatic carbocycles. The van der Waals surface area contributed by atoms with Crippen molar-refractivity contribution in [3.63, 3.8) is 0 Å². The van der Waals surface area contributed by atoms with Crippen LogP contribution in [0, 0.1) is 13.8 Å². The maximum atomic E-state index is 11.0. The Labute approximate surface area is 191 Å². The van der Waals surface area contributed by atoms with E-state index in [1.807, 2.05) is 39.1 Å². The zero-order valence-corrected chi connectivity index (χ0v) is 20.1. The molecule has 1 unspecified atom stereocenters. The van der Waals surface area contributed by atoms with Crippen molar-refractivity contribution in [1.82, 2.24) is 20.5 Å². The van der Waals surface area contributed by atoms with Crippen molar-refractivity contribution in [3.05, 3.63) is 47.0 Å². The molecule has 3 rings (SSSR count). The molecule has 3 N–H and O–H groups in total. The molecule has 2 aromatic heterocycles. The van der Waals surface area contributed by atoms with Gasteiger partial charge >= 0.3 is 0 Å². The number of aliphatic imine (C=N–C) groups is 1. The maximum absolute atomic E-state index is 11.0. The van der Waals surface area contributed by atoms with Gasteiger partial charge in [-0.05, 0) is 58.0 Å². The van der Waals surface area contributed by atoms with E-state index >= 15 is 0 Å². The molecule has 3 heterocycles. The predicted molar refractivity (Wildman–Crippen MR) is 129 cm³/mol. The summed E-state index contributed by atoms with van der Waals surface area (Å²) in [6.45, 7) is 16.6. The molecule has 1 fully saturated rings. The Bertz CT molecular complexity index is 900. The van der Waals surface area contributed by atoms with E-state index in [0.717, 1.165) is 67.7 Å². The second-order valence-electron chi connectivity index (χ2n) is 8.59. The van der Waals surface area contributed by atoms with Gasteiger partial charge in [-0.3, -0.25) is 0 Å². The largest absolute Gasteiger partial charge is 0.466 e. The number of pyridine rings is 1. The van der Waals surface area contributed by atoms with Gasteiger partial charge in [-0.25, -0.2) is 9.98 Å². The van der Waals surface area contributed by atoms with Gasteiger partial charge in [0, 0.05) is 44.5 Å².